The predicted molar refractivity (Wildman–Crippen MR) is 145 cm³/mol. The topological polar surface area (TPSA) is 121 Å². The summed E-state index contributed by atoms with van der Waals surface area (Å²) in [4.78, 5) is 26.3. The highest BCUT2D eigenvalue weighted by molar-refractivity contribution is 7.16. The minimum absolute atomic E-state index is 0.150. The molecule has 0 fully saturated rings. The summed E-state index contributed by atoms with van der Waals surface area (Å²) in [6.45, 7) is 7.92. The molecule has 0 atom stereocenters. The van der Waals surface area contributed by atoms with E-state index < -0.39 is 11.9 Å². The first-order chi connectivity index (χ1) is 18.3. The van der Waals surface area contributed by atoms with E-state index in [0.717, 1.165) is 16.0 Å². The first-order valence-electron chi connectivity index (χ1n) is 11.9. The zero-order valence-electron chi connectivity index (χ0n) is 21.6. The van der Waals surface area contributed by atoms with Gasteiger partial charge in [-0.05, 0) is 63.1 Å². The second kappa shape index (κ2) is 13.1. The highest BCUT2D eigenvalue weighted by Crippen LogP contribution is 2.34. The van der Waals surface area contributed by atoms with Crippen molar-refractivity contribution in [1.82, 2.24) is 0 Å². The maximum atomic E-state index is 13.0. The van der Waals surface area contributed by atoms with Crippen LogP contribution in [0.3, 0.4) is 0 Å². The molecule has 0 spiro atoms. The number of carbonyl (C=O) groups is 2. The molecule has 38 heavy (non-hydrogen) atoms. The molecule has 0 saturated carbocycles. The molecule has 3 rings (SSSR count). The summed E-state index contributed by atoms with van der Waals surface area (Å²) in [7, 11) is 0. The van der Waals surface area contributed by atoms with Crippen LogP contribution in [-0.2, 0) is 16.1 Å². The van der Waals surface area contributed by atoms with Gasteiger partial charge in [-0.25, -0.2) is 4.79 Å². The van der Waals surface area contributed by atoms with Crippen LogP contribution < -0.4 is 14.8 Å². The second-order valence-electron chi connectivity index (χ2n) is 8.03. The van der Waals surface area contributed by atoms with Crippen molar-refractivity contribution < 1.29 is 23.8 Å². The number of carbonyl (C=O) groups excluding carboxylic acids is 2. The minimum Gasteiger partial charge on any atom is -0.490 e. The molecule has 1 heterocycles. The Bertz CT molecular complexity index is 1460. The lowest BCUT2D eigenvalue weighted by Gasteiger charge is -2.13. The molecule has 0 saturated heterocycles. The Morgan fingerprint density at radius 3 is 2.47 bits per heavy atom. The van der Waals surface area contributed by atoms with Gasteiger partial charge in [-0.1, -0.05) is 24.3 Å². The normalized spacial score (nSPS) is 10.7. The summed E-state index contributed by atoms with van der Waals surface area (Å²) in [6, 6.07) is 16.3. The molecule has 8 nitrogen and oxygen atoms in total. The molecule has 0 radical (unpaired) electrons. The van der Waals surface area contributed by atoms with Crippen molar-refractivity contribution in [3.63, 3.8) is 0 Å². The van der Waals surface area contributed by atoms with Crippen molar-refractivity contribution in [2.24, 2.45) is 0 Å². The zero-order valence-corrected chi connectivity index (χ0v) is 22.4. The lowest BCUT2D eigenvalue weighted by atomic mass is 10.1. The number of nitrogens with one attached hydrogen (secondary N) is 1. The van der Waals surface area contributed by atoms with Crippen LogP contribution in [0.2, 0.25) is 0 Å². The van der Waals surface area contributed by atoms with Crippen LogP contribution in [0, 0.1) is 36.5 Å². The fourth-order valence-electron chi connectivity index (χ4n) is 3.56. The fraction of sp³-hybridized carbons (Fsp3) is 0.241. The molecule has 0 aliphatic heterocycles. The van der Waals surface area contributed by atoms with E-state index in [1.54, 1.807) is 44.2 Å². The van der Waals surface area contributed by atoms with Gasteiger partial charge in [-0.15, -0.1) is 11.3 Å². The molecule has 0 aliphatic rings. The van der Waals surface area contributed by atoms with Gasteiger partial charge in [0.2, 0.25) is 0 Å². The Labute approximate surface area is 225 Å². The van der Waals surface area contributed by atoms with Gasteiger partial charge in [0.05, 0.1) is 30.4 Å². The number of benzene rings is 2. The third kappa shape index (κ3) is 6.58. The van der Waals surface area contributed by atoms with Crippen molar-refractivity contribution in [3.8, 4) is 23.6 Å². The SMILES string of the molecule is CCOC(=O)c1c(NC(=O)/C(C#N)=C/c2ccc(OCc3ccccc3C#N)c(OCC)c2)sc(C)c1C. The summed E-state index contributed by atoms with van der Waals surface area (Å²) in [5, 5.41) is 22.0. The van der Waals surface area contributed by atoms with Crippen LogP contribution in [0.25, 0.3) is 6.08 Å². The molecule has 194 valence electrons. The summed E-state index contributed by atoms with van der Waals surface area (Å²) in [5.41, 5.74) is 2.68. The number of anilines is 1. The number of hydrogen-bond acceptors (Lipinski definition) is 8. The van der Waals surface area contributed by atoms with Gasteiger partial charge in [-0.2, -0.15) is 10.5 Å². The second-order valence-corrected chi connectivity index (χ2v) is 9.25. The third-order valence-electron chi connectivity index (χ3n) is 5.56. The molecule has 1 N–H and O–H groups in total. The minimum atomic E-state index is -0.648. The van der Waals surface area contributed by atoms with Gasteiger partial charge >= 0.3 is 5.97 Å². The third-order valence-corrected chi connectivity index (χ3v) is 6.68. The van der Waals surface area contributed by atoms with Crippen LogP contribution in [0.4, 0.5) is 5.00 Å². The van der Waals surface area contributed by atoms with Gasteiger partial charge in [0.1, 0.15) is 23.3 Å². The Hall–Kier alpha value is -4.60. The van der Waals surface area contributed by atoms with Crippen LogP contribution >= 0.6 is 11.3 Å². The molecule has 0 unspecified atom stereocenters. The van der Waals surface area contributed by atoms with E-state index in [0.29, 0.717) is 34.2 Å². The number of amides is 1. The largest absolute Gasteiger partial charge is 0.490 e. The average Bonchev–Trinajstić information content (AvgIpc) is 3.19. The number of rotatable bonds is 10. The molecule has 1 aromatic heterocycles. The molecule has 3 aromatic rings. The monoisotopic (exact) mass is 529 g/mol. The summed E-state index contributed by atoms with van der Waals surface area (Å²) >= 11 is 1.25. The molecular formula is C29H27N3O5S. The number of ether oxygens (including phenoxy) is 3. The summed E-state index contributed by atoms with van der Waals surface area (Å²) in [5.74, 6) is -0.280. The van der Waals surface area contributed by atoms with Gasteiger partial charge in [0.15, 0.2) is 11.5 Å². The van der Waals surface area contributed by atoms with E-state index in [4.69, 9.17) is 14.2 Å². The van der Waals surface area contributed by atoms with Crippen LogP contribution in [-0.4, -0.2) is 25.1 Å². The Morgan fingerprint density at radius 1 is 1.03 bits per heavy atom. The van der Waals surface area contributed by atoms with Crippen molar-refractivity contribution >= 4 is 34.3 Å². The summed E-state index contributed by atoms with van der Waals surface area (Å²) in [6.07, 6.45) is 1.43. The highest BCUT2D eigenvalue weighted by atomic mass is 32.1. The van der Waals surface area contributed by atoms with Crippen molar-refractivity contribution in [1.29, 1.82) is 10.5 Å². The Kier molecular flexibility index (Phi) is 9.64. The molecule has 2 aromatic carbocycles. The van der Waals surface area contributed by atoms with Gasteiger partial charge < -0.3 is 19.5 Å². The van der Waals surface area contributed by atoms with Crippen LogP contribution in [0.1, 0.15) is 51.3 Å². The van der Waals surface area contributed by atoms with Gasteiger partial charge in [-0.3, -0.25) is 4.79 Å². The Morgan fingerprint density at radius 2 is 1.79 bits per heavy atom. The first kappa shape index (κ1) is 28.0. The molecule has 9 heteroatoms. The molecule has 0 aliphatic carbocycles. The van der Waals surface area contributed by atoms with Crippen molar-refractivity contribution in [2.75, 3.05) is 18.5 Å². The van der Waals surface area contributed by atoms with E-state index >= 15 is 0 Å². The number of nitriles is 2. The lowest BCUT2D eigenvalue weighted by molar-refractivity contribution is -0.112. The van der Waals surface area contributed by atoms with Crippen LogP contribution in [0.5, 0.6) is 11.5 Å². The average molecular weight is 530 g/mol. The number of aryl methyl sites for hydroxylation is 1. The lowest BCUT2D eigenvalue weighted by Crippen LogP contribution is -2.16. The number of thiophene rings is 1. The number of nitrogens with zero attached hydrogens (tertiary/aromatic N) is 2. The number of esters is 1. The quantitative estimate of drug-likeness (QED) is 0.196. The highest BCUT2D eigenvalue weighted by Gasteiger charge is 2.23. The van der Waals surface area contributed by atoms with E-state index in [-0.39, 0.29) is 24.4 Å². The van der Waals surface area contributed by atoms with E-state index in [1.807, 2.05) is 32.0 Å². The zero-order chi connectivity index (χ0) is 27.7. The Balaban J connectivity index is 1.84. The van der Waals surface area contributed by atoms with Crippen LogP contribution in [0.15, 0.2) is 48.0 Å². The fourth-order valence-corrected chi connectivity index (χ4v) is 4.61. The predicted octanol–water partition coefficient (Wildman–Crippen LogP) is 5.94. The maximum Gasteiger partial charge on any atom is 0.341 e. The van der Waals surface area contributed by atoms with E-state index in [2.05, 4.69) is 11.4 Å². The first-order valence-corrected chi connectivity index (χ1v) is 12.7. The van der Waals surface area contributed by atoms with Crippen molar-refractivity contribution in [2.45, 2.75) is 34.3 Å². The maximum absolute atomic E-state index is 13.0. The van der Waals surface area contributed by atoms with E-state index in [1.165, 1.54) is 17.4 Å². The standard InChI is InChI=1S/C29H27N3O5S/c1-5-35-25-14-20(11-12-24(25)37-17-22-10-8-7-9-21(22)15-30)13-23(16-31)27(33)32-28-26(29(34)36-6-2)18(3)19(4)38-28/h7-14H,5-6,17H2,1-4H3,(H,32,33)/b23-13+. The van der Waals surface area contributed by atoms with Crippen molar-refractivity contribution in [3.05, 3.63) is 80.7 Å². The smallest absolute Gasteiger partial charge is 0.341 e. The molecule has 1 amide bonds. The van der Waals surface area contributed by atoms with Gasteiger partial charge in [0, 0.05) is 10.4 Å². The molecule has 0 bridgehead atoms. The molecular weight excluding hydrogens is 502 g/mol. The number of hydrogen-bond donors (Lipinski definition) is 1. The summed E-state index contributed by atoms with van der Waals surface area (Å²) < 4.78 is 16.8. The van der Waals surface area contributed by atoms with Gasteiger partial charge in [0.25, 0.3) is 5.91 Å². The van der Waals surface area contributed by atoms with E-state index in [9.17, 15) is 20.1 Å².